The molecule has 5 rings (SSSR count). The Kier molecular flexibility index (Phi) is 5.65. The van der Waals surface area contributed by atoms with E-state index in [0.717, 1.165) is 16.7 Å². The van der Waals surface area contributed by atoms with E-state index in [1.54, 1.807) is 26.4 Å². The number of furan rings is 1. The summed E-state index contributed by atoms with van der Waals surface area (Å²) in [7, 11) is 2.62. The second-order valence-electron chi connectivity index (χ2n) is 11.3. The SMILES string of the molecule is COC(=O)C[C@@H]1[C@@]2(C)C(=O)C=C[C@@](C)(C(=O)OC)[C@@H]2C(O)C2OC3C[C@@H](c4ccoc4)C(C)=C3[C@]21C. The van der Waals surface area contributed by atoms with E-state index in [1.165, 1.54) is 26.4 Å². The van der Waals surface area contributed by atoms with Crippen molar-refractivity contribution in [3.05, 3.63) is 47.5 Å². The van der Waals surface area contributed by atoms with Crippen molar-refractivity contribution in [3.8, 4) is 0 Å². The minimum atomic E-state index is -1.28. The zero-order chi connectivity index (χ0) is 26.2. The van der Waals surface area contributed by atoms with E-state index >= 15 is 0 Å². The Bertz CT molecular complexity index is 1160. The van der Waals surface area contributed by atoms with E-state index in [9.17, 15) is 19.5 Å². The van der Waals surface area contributed by atoms with Crippen molar-refractivity contribution in [3.63, 3.8) is 0 Å². The number of carbonyl (C=O) groups excluding carboxylic acids is 3. The summed E-state index contributed by atoms with van der Waals surface area (Å²) in [6, 6.07) is 1.94. The fourth-order valence-electron chi connectivity index (χ4n) is 8.29. The zero-order valence-electron chi connectivity index (χ0n) is 21.6. The lowest BCUT2D eigenvalue weighted by molar-refractivity contribution is -0.216. The number of hydrogen-bond donors (Lipinski definition) is 1. The second kappa shape index (κ2) is 8.15. The topological polar surface area (TPSA) is 112 Å². The minimum Gasteiger partial charge on any atom is -0.472 e. The molecule has 1 saturated carbocycles. The molecule has 8 nitrogen and oxygen atoms in total. The molecule has 8 heteroatoms. The summed E-state index contributed by atoms with van der Waals surface area (Å²) in [4.78, 5) is 39.6. The first-order valence-electron chi connectivity index (χ1n) is 12.4. The van der Waals surface area contributed by atoms with Crippen LogP contribution in [0.1, 0.15) is 52.0 Å². The number of fused-ring (bicyclic) bond motifs is 4. The van der Waals surface area contributed by atoms with Gasteiger partial charge in [-0.2, -0.15) is 0 Å². The highest BCUT2D eigenvalue weighted by atomic mass is 16.5. The number of methoxy groups -OCH3 is 2. The standard InChI is InChI=1S/C28H34O8/c1-14-16(15-8-10-35-13-15)11-17-21(14)28(4)18(12-20(30)33-5)27(3)19(29)7-9-26(2,25(32)34-6)23(27)22(31)24(28)36-17/h7-10,13,16-18,22-24,31H,11-12H2,1-6H3/t16-,17?,18-,22?,23+,24?,26-,27+,28-/m1/s1. The van der Waals surface area contributed by atoms with E-state index in [-0.39, 0.29) is 24.2 Å². The van der Waals surface area contributed by atoms with Gasteiger partial charge in [0.2, 0.25) is 0 Å². The molecule has 2 fully saturated rings. The van der Waals surface area contributed by atoms with Crippen LogP contribution in [-0.4, -0.2) is 55.4 Å². The molecular formula is C28H34O8. The number of rotatable bonds is 4. The Labute approximate surface area is 210 Å². The van der Waals surface area contributed by atoms with E-state index in [2.05, 4.69) is 6.92 Å². The number of aliphatic hydroxyl groups excluding tert-OH is 1. The van der Waals surface area contributed by atoms with Gasteiger partial charge in [-0.15, -0.1) is 0 Å². The van der Waals surface area contributed by atoms with Crippen molar-refractivity contribution in [1.29, 1.82) is 0 Å². The molecule has 1 N–H and O–H groups in total. The van der Waals surface area contributed by atoms with Gasteiger partial charge in [0.15, 0.2) is 5.78 Å². The summed E-state index contributed by atoms with van der Waals surface area (Å²) in [6.45, 7) is 7.50. The van der Waals surface area contributed by atoms with Crippen LogP contribution < -0.4 is 0 Å². The van der Waals surface area contributed by atoms with E-state index in [1.807, 2.05) is 13.0 Å². The van der Waals surface area contributed by atoms with Gasteiger partial charge in [0.1, 0.15) is 0 Å². The molecule has 36 heavy (non-hydrogen) atoms. The lowest BCUT2D eigenvalue weighted by Gasteiger charge is -2.61. The van der Waals surface area contributed by atoms with Crippen LogP contribution in [-0.2, 0) is 28.6 Å². The summed E-state index contributed by atoms with van der Waals surface area (Å²) in [5.74, 6) is -2.60. The molecule has 3 unspecified atom stereocenters. The van der Waals surface area contributed by atoms with Gasteiger partial charge in [-0.3, -0.25) is 14.4 Å². The number of hydrogen-bond acceptors (Lipinski definition) is 8. The van der Waals surface area contributed by atoms with Crippen molar-refractivity contribution in [2.45, 2.75) is 64.8 Å². The first-order chi connectivity index (χ1) is 17.0. The monoisotopic (exact) mass is 498 g/mol. The highest BCUT2D eigenvalue weighted by Crippen LogP contribution is 2.70. The van der Waals surface area contributed by atoms with E-state index < -0.39 is 52.2 Å². The van der Waals surface area contributed by atoms with Crippen LogP contribution in [0.15, 0.2) is 46.3 Å². The number of ether oxygens (including phenoxy) is 3. The number of aliphatic hydroxyl groups is 1. The van der Waals surface area contributed by atoms with Gasteiger partial charge in [0.25, 0.3) is 0 Å². The molecule has 4 aliphatic rings. The molecule has 0 spiro atoms. The van der Waals surface area contributed by atoms with Gasteiger partial charge in [0.05, 0.1) is 56.9 Å². The third-order valence-corrected chi connectivity index (χ3v) is 9.87. The minimum absolute atomic E-state index is 0.0523. The maximum atomic E-state index is 13.8. The van der Waals surface area contributed by atoms with Gasteiger partial charge in [0, 0.05) is 22.7 Å². The molecule has 0 amide bonds. The first kappa shape index (κ1) is 25.0. The fourth-order valence-corrected chi connectivity index (χ4v) is 8.29. The molecule has 3 aliphatic carbocycles. The molecule has 1 aromatic rings. The van der Waals surface area contributed by atoms with Crippen LogP contribution in [0.25, 0.3) is 0 Å². The van der Waals surface area contributed by atoms with Crippen molar-refractivity contribution >= 4 is 17.7 Å². The predicted octanol–water partition coefficient (Wildman–Crippen LogP) is 3.35. The molecule has 194 valence electrons. The maximum Gasteiger partial charge on any atom is 0.315 e. The fraction of sp³-hybridized carbons (Fsp3) is 0.607. The Morgan fingerprint density at radius 3 is 2.50 bits per heavy atom. The number of esters is 2. The molecular weight excluding hydrogens is 464 g/mol. The summed E-state index contributed by atoms with van der Waals surface area (Å²) >= 11 is 0. The second-order valence-corrected chi connectivity index (χ2v) is 11.3. The zero-order valence-corrected chi connectivity index (χ0v) is 21.6. The Morgan fingerprint density at radius 2 is 1.89 bits per heavy atom. The maximum absolute atomic E-state index is 13.8. The largest absolute Gasteiger partial charge is 0.472 e. The molecule has 0 aromatic carbocycles. The summed E-state index contributed by atoms with van der Waals surface area (Å²) in [5, 5.41) is 11.9. The lowest BCUT2D eigenvalue weighted by Crippen LogP contribution is -2.69. The van der Waals surface area contributed by atoms with Crippen LogP contribution in [0.4, 0.5) is 0 Å². The van der Waals surface area contributed by atoms with Gasteiger partial charge in [-0.25, -0.2) is 0 Å². The number of ketones is 1. The van der Waals surface area contributed by atoms with Crippen molar-refractivity contribution in [2.24, 2.45) is 28.1 Å². The Morgan fingerprint density at radius 1 is 1.17 bits per heavy atom. The molecule has 9 atom stereocenters. The highest BCUT2D eigenvalue weighted by molar-refractivity contribution is 5.99. The first-order valence-corrected chi connectivity index (χ1v) is 12.4. The van der Waals surface area contributed by atoms with Gasteiger partial charge >= 0.3 is 11.9 Å². The molecule has 1 aromatic heterocycles. The van der Waals surface area contributed by atoms with E-state index in [4.69, 9.17) is 18.6 Å². The molecule has 0 radical (unpaired) electrons. The molecule has 2 heterocycles. The molecule has 1 saturated heterocycles. The smallest absolute Gasteiger partial charge is 0.315 e. The van der Waals surface area contributed by atoms with Gasteiger partial charge in [-0.1, -0.05) is 25.5 Å². The third kappa shape index (κ3) is 2.97. The molecule has 1 aliphatic heterocycles. The van der Waals surface area contributed by atoms with Crippen molar-refractivity contribution < 1.29 is 38.1 Å². The van der Waals surface area contributed by atoms with Crippen LogP contribution in [0.2, 0.25) is 0 Å². The van der Waals surface area contributed by atoms with Crippen molar-refractivity contribution in [1.82, 2.24) is 0 Å². The lowest BCUT2D eigenvalue weighted by atomic mass is 9.41. The quantitative estimate of drug-likeness (QED) is 0.497. The van der Waals surface area contributed by atoms with E-state index in [0.29, 0.717) is 6.42 Å². The summed E-state index contributed by atoms with van der Waals surface area (Å²) in [5.41, 5.74) is -0.215. The van der Waals surface area contributed by atoms with Crippen LogP contribution in [0.5, 0.6) is 0 Å². The third-order valence-electron chi connectivity index (χ3n) is 9.87. The average molecular weight is 499 g/mol. The normalized spacial score (nSPS) is 43.1. The average Bonchev–Trinajstić information content (AvgIpc) is 3.56. The predicted molar refractivity (Wildman–Crippen MR) is 128 cm³/mol. The number of allylic oxidation sites excluding steroid dienone is 2. The molecule has 0 bridgehead atoms. The Balaban J connectivity index is 1.73. The van der Waals surface area contributed by atoms with Crippen LogP contribution in [0, 0.1) is 28.1 Å². The van der Waals surface area contributed by atoms with Crippen LogP contribution in [0.3, 0.4) is 0 Å². The number of carbonyl (C=O) groups is 3. The van der Waals surface area contributed by atoms with Gasteiger partial charge < -0.3 is 23.7 Å². The summed E-state index contributed by atoms with van der Waals surface area (Å²) < 4.78 is 22.1. The van der Waals surface area contributed by atoms with Gasteiger partial charge in [-0.05, 0) is 49.5 Å². The van der Waals surface area contributed by atoms with Crippen molar-refractivity contribution in [2.75, 3.05) is 14.2 Å². The summed E-state index contributed by atoms with van der Waals surface area (Å²) in [6.07, 6.45) is 4.78. The highest BCUT2D eigenvalue weighted by Gasteiger charge is 2.74. The Hall–Kier alpha value is -2.71. The van der Waals surface area contributed by atoms with Crippen LogP contribution >= 0.6 is 0 Å².